The lowest BCUT2D eigenvalue weighted by atomic mass is 9.92. The lowest BCUT2D eigenvalue weighted by molar-refractivity contribution is 0.554. The van der Waals surface area contributed by atoms with Crippen molar-refractivity contribution in [1.29, 1.82) is 0 Å². The van der Waals surface area contributed by atoms with Gasteiger partial charge in [0, 0.05) is 5.54 Å². The first kappa shape index (κ1) is 10.3. The van der Waals surface area contributed by atoms with E-state index in [0.29, 0.717) is 0 Å². The summed E-state index contributed by atoms with van der Waals surface area (Å²) < 4.78 is 0. The minimum Gasteiger partial charge on any atom is -0.322 e. The maximum atomic E-state index is 6.02. The van der Waals surface area contributed by atoms with Crippen LogP contribution in [0.15, 0.2) is 18.2 Å². The van der Waals surface area contributed by atoms with Crippen LogP contribution in [0.25, 0.3) is 0 Å². The highest BCUT2D eigenvalue weighted by atomic mass is 14.7. The van der Waals surface area contributed by atoms with Crippen LogP contribution < -0.4 is 5.73 Å². The molecule has 1 rings (SSSR count). The quantitative estimate of drug-likeness (QED) is 0.738. The van der Waals surface area contributed by atoms with Gasteiger partial charge in [-0.05, 0) is 43.9 Å². The fraction of sp³-hybridized carbons (Fsp3) is 0.500. The number of nitrogens with two attached hydrogens (primary N) is 1. The second-order valence-electron chi connectivity index (χ2n) is 4.22. The van der Waals surface area contributed by atoms with E-state index in [-0.39, 0.29) is 5.54 Å². The van der Waals surface area contributed by atoms with Crippen molar-refractivity contribution < 1.29 is 0 Å². The minimum absolute atomic E-state index is 0.225. The highest BCUT2D eigenvalue weighted by Crippen LogP contribution is 2.20. The summed E-state index contributed by atoms with van der Waals surface area (Å²) in [6.07, 6.45) is 1.09. The Labute approximate surface area is 81.0 Å². The predicted molar refractivity (Wildman–Crippen MR) is 57.8 cm³/mol. The van der Waals surface area contributed by atoms with E-state index in [1.807, 2.05) is 13.8 Å². The number of benzene rings is 1. The van der Waals surface area contributed by atoms with Gasteiger partial charge >= 0.3 is 0 Å². The Morgan fingerprint density at radius 3 is 2.31 bits per heavy atom. The molecule has 0 unspecified atom stereocenters. The summed E-state index contributed by atoms with van der Waals surface area (Å²) in [5, 5.41) is 0. The molecule has 0 heterocycles. The minimum atomic E-state index is -0.225. The Morgan fingerprint density at radius 2 is 1.92 bits per heavy atom. The summed E-state index contributed by atoms with van der Waals surface area (Å²) in [4.78, 5) is 0. The van der Waals surface area contributed by atoms with Gasteiger partial charge in [0.2, 0.25) is 0 Å². The van der Waals surface area contributed by atoms with Gasteiger partial charge in [0.15, 0.2) is 0 Å². The number of rotatable bonds is 2. The standard InChI is InChI=1S/C12H19N/c1-5-10-6-7-11(8-9(10)2)12(3,4)13/h6-8H,5,13H2,1-4H3. The molecule has 0 aliphatic carbocycles. The van der Waals surface area contributed by atoms with Crippen molar-refractivity contribution in [2.75, 3.05) is 0 Å². The van der Waals surface area contributed by atoms with Crippen molar-refractivity contribution in [1.82, 2.24) is 0 Å². The van der Waals surface area contributed by atoms with Gasteiger partial charge in [0.1, 0.15) is 0 Å². The van der Waals surface area contributed by atoms with Crippen molar-refractivity contribution in [2.45, 2.75) is 39.7 Å². The molecule has 13 heavy (non-hydrogen) atoms. The molecule has 1 aromatic rings. The molecule has 0 bridgehead atoms. The molecule has 1 aromatic carbocycles. The van der Waals surface area contributed by atoms with Crippen LogP contribution in [0.5, 0.6) is 0 Å². The monoisotopic (exact) mass is 177 g/mol. The van der Waals surface area contributed by atoms with E-state index in [9.17, 15) is 0 Å². The second-order valence-corrected chi connectivity index (χ2v) is 4.22. The van der Waals surface area contributed by atoms with Gasteiger partial charge in [0.25, 0.3) is 0 Å². The fourth-order valence-corrected chi connectivity index (χ4v) is 1.49. The molecule has 0 aliphatic heterocycles. The van der Waals surface area contributed by atoms with E-state index < -0.39 is 0 Å². The number of aryl methyl sites for hydroxylation is 2. The first-order chi connectivity index (χ1) is 5.95. The van der Waals surface area contributed by atoms with Gasteiger partial charge < -0.3 is 5.73 Å². The number of hydrogen-bond donors (Lipinski definition) is 1. The lowest BCUT2D eigenvalue weighted by Crippen LogP contribution is -2.28. The van der Waals surface area contributed by atoms with Gasteiger partial charge in [0.05, 0.1) is 0 Å². The molecule has 0 amide bonds. The summed E-state index contributed by atoms with van der Waals surface area (Å²) in [5.41, 5.74) is 9.76. The Balaban J connectivity index is 3.10. The van der Waals surface area contributed by atoms with Crippen LogP contribution in [0.3, 0.4) is 0 Å². The first-order valence-electron chi connectivity index (χ1n) is 4.84. The third-order valence-electron chi connectivity index (χ3n) is 2.47. The molecule has 0 aliphatic rings. The summed E-state index contributed by atoms with van der Waals surface area (Å²) in [7, 11) is 0. The SMILES string of the molecule is CCc1ccc(C(C)(C)N)cc1C. The van der Waals surface area contributed by atoms with E-state index >= 15 is 0 Å². The largest absolute Gasteiger partial charge is 0.322 e. The summed E-state index contributed by atoms with van der Waals surface area (Å²) >= 11 is 0. The van der Waals surface area contributed by atoms with Crippen LogP contribution in [0.1, 0.15) is 37.5 Å². The normalized spacial score (nSPS) is 11.8. The molecule has 0 saturated heterocycles. The predicted octanol–water partition coefficient (Wildman–Crippen LogP) is 2.75. The molecule has 0 atom stereocenters. The van der Waals surface area contributed by atoms with Gasteiger partial charge in [-0.1, -0.05) is 25.1 Å². The zero-order chi connectivity index (χ0) is 10.1. The third-order valence-corrected chi connectivity index (χ3v) is 2.47. The molecule has 0 saturated carbocycles. The van der Waals surface area contributed by atoms with E-state index in [2.05, 4.69) is 32.0 Å². The fourth-order valence-electron chi connectivity index (χ4n) is 1.49. The number of hydrogen-bond acceptors (Lipinski definition) is 1. The molecule has 0 fully saturated rings. The maximum absolute atomic E-state index is 6.02. The van der Waals surface area contributed by atoms with Crippen molar-refractivity contribution in [3.8, 4) is 0 Å². The maximum Gasteiger partial charge on any atom is 0.0352 e. The smallest absolute Gasteiger partial charge is 0.0352 e. The van der Waals surface area contributed by atoms with Crippen molar-refractivity contribution in [2.24, 2.45) is 5.73 Å². The molecule has 1 nitrogen and oxygen atoms in total. The third kappa shape index (κ3) is 2.31. The van der Waals surface area contributed by atoms with E-state index in [0.717, 1.165) is 6.42 Å². The van der Waals surface area contributed by atoms with Crippen LogP contribution in [0.2, 0.25) is 0 Å². The van der Waals surface area contributed by atoms with Crippen molar-refractivity contribution >= 4 is 0 Å². The van der Waals surface area contributed by atoms with Crippen LogP contribution in [-0.4, -0.2) is 0 Å². The topological polar surface area (TPSA) is 26.0 Å². The van der Waals surface area contributed by atoms with E-state index in [1.165, 1.54) is 16.7 Å². The summed E-state index contributed by atoms with van der Waals surface area (Å²) in [6.45, 7) is 8.39. The summed E-state index contributed by atoms with van der Waals surface area (Å²) in [6, 6.07) is 6.50. The average Bonchev–Trinajstić information content (AvgIpc) is 2.02. The Hall–Kier alpha value is -0.820. The van der Waals surface area contributed by atoms with Crippen molar-refractivity contribution in [3.63, 3.8) is 0 Å². The molecule has 0 spiro atoms. The van der Waals surface area contributed by atoms with E-state index in [4.69, 9.17) is 5.73 Å². The molecular formula is C12H19N. The zero-order valence-corrected chi connectivity index (χ0v) is 9.02. The lowest BCUT2D eigenvalue weighted by Gasteiger charge is -2.20. The first-order valence-corrected chi connectivity index (χ1v) is 4.84. The Morgan fingerprint density at radius 1 is 1.31 bits per heavy atom. The second kappa shape index (κ2) is 3.51. The van der Waals surface area contributed by atoms with Crippen LogP contribution in [0, 0.1) is 6.92 Å². The highest BCUT2D eigenvalue weighted by Gasteiger charge is 2.14. The average molecular weight is 177 g/mol. The molecular weight excluding hydrogens is 158 g/mol. The Bertz CT molecular complexity index is 294. The van der Waals surface area contributed by atoms with E-state index in [1.54, 1.807) is 0 Å². The van der Waals surface area contributed by atoms with Crippen LogP contribution >= 0.6 is 0 Å². The molecule has 2 N–H and O–H groups in total. The van der Waals surface area contributed by atoms with Crippen molar-refractivity contribution in [3.05, 3.63) is 34.9 Å². The van der Waals surface area contributed by atoms with Gasteiger partial charge in [-0.2, -0.15) is 0 Å². The van der Waals surface area contributed by atoms with Gasteiger partial charge in [-0.25, -0.2) is 0 Å². The van der Waals surface area contributed by atoms with Crippen LogP contribution in [0.4, 0.5) is 0 Å². The molecule has 0 radical (unpaired) electrons. The summed E-state index contributed by atoms with van der Waals surface area (Å²) in [5.74, 6) is 0. The molecule has 1 heteroatoms. The van der Waals surface area contributed by atoms with Crippen LogP contribution in [-0.2, 0) is 12.0 Å². The Kier molecular flexibility index (Phi) is 2.77. The molecule has 0 aromatic heterocycles. The van der Waals surface area contributed by atoms with Gasteiger partial charge in [-0.15, -0.1) is 0 Å². The highest BCUT2D eigenvalue weighted by molar-refractivity contribution is 5.34. The molecule has 72 valence electrons. The zero-order valence-electron chi connectivity index (χ0n) is 9.02. The van der Waals surface area contributed by atoms with Gasteiger partial charge in [-0.3, -0.25) is 0 Å².